The number of rotatable bonds is 6. The van der Waals surface area contributed by atoms with Crippen LogP contribution in [-0.2, 0) is 6.54 Å². The second-order valence-corrected chi connectivity index (χ2v) is 5.17. The number of unbranched alkanes of at least 4 members (excludes halogenated alkanes) is 1. The van der Waals surface area contributed by atoms with Crippen LogP contribution in [0.2, 0.25) is 0 Å². The summed E-state index contributed by atoms with van der Waals surface area (Å²) in [5.41, 5.74) is 3.27. The largest absolute Gasteiger partial charge is 0.494 e. The van der Waals surface area contributed by atoms with E-state index in [4.69, 9.17) is 4.74 Å². The molecule has 0 radical (unpaired) electrons. The Bertz CT molecular complexity index is 721. The summed E-state index contributed by atoms with van der Waals surface area (Å²) in [6.07, 6.45) is 2.03. The third-order valence-electron chi connectivity index (χ3n) is 3.44. The van der Waals surface area contributed by atoms with Gasteiger partial charge in [0, 0.05) is 6.54 Å². The van der Waals surface area contributed by atoms with Crippen LogP contribution in [0.5, 0.6) is 5.75 Å². The molecule has 0 N–H and O–H groups in total. The highest BCUT2D eigenvalue weighted by Gasteiger charge is 2.02. The van der Waals surface area contributed by atoms with Crippen molar-refractivity contribution in [2.45, 2.75) is 26.3 Å². The number of nitrogens with zero attached hydrogens (tertiary/aromatic N) is 3. The normalized spacial score (nSPS) is 10.9. The fourth-order valence-corrected chi connectivity index (χ4v) is 2.34. The second kappa shape index (κ2) is 6.39. The lowest BCUT2D eigenvalue weighted by Gasteiger charge is -2.07. The number of para-hydroxylation sites is 1. The molecule has 4 heteroatoms. The summed E-state index contributed by atoms with van der Waals surface area (Å²) in [7, 11) is 0. The number of hydrogen-bond acceptors (Lipinski definition) is 3. The minimum absolute atomic E-state index is 0.732. The number of benzene rings is 2. The molecular formula is C17H19N3O. The monoisotopic (exact) mass is 281 g/mol. The van der Waals surface area contributed by atoms with Gasteiger partial charge in [0.15, 0.2) is 0 Å². The first-order valence-corrected chi connectivity index (χ1v) is 7.30. The Hall–Kier alpha value is -2.36. The van der Waals surface area contributed by atoms with Crippen molar-refractivity contribution in [1.82, 2.24) is 15.0 Å². The summed E-state index contributed by atoms with van der Waals surface area (Å²) in [6.45, 7) is 3.68. The maximum Gasteiger partial charge on any atom is 0.119 e. The zero-order valence-corrected chi connectivity index (χ0v) is 12.2. The number of aryl methyl sites for hydroxylation is 2. The fourth-order valence-electron chi connectivity index (χ4n) is 2.34. The Morgan fingerprint density at radius 3 is 2.86 bits per heavy atom. The Morgan fingerprint density at radius 1 is 1.05 bits per heavy atom. The third-order valence-corrected chi connectivity index (χ3v) is 3.44. The van der Waals surface area contributed by atoms with Crippen LogP contribution in [-0.4, -0.2) is 21.6 Å². The highest BCUT2D eigenvalue weighted by Crippen LogP contribution is 2.13. The number of ether oxygens (including phenoxy) is 1. The summed E-state index contributed by atoms with van der Waals surface area (Å²) >= 11 is 0. The topological polar surface area (TPSA) is 39.9 Å². The van der Waals surface area contributed by atoms with Crippen molar-refractivity contribution in [1.29, 1.82) is 0 Å². The maximum atomic E-state index is 5.75. The predicted molar refractivity (Wildman–Crippen MR) is 83.4 cm³/mol. The zero-order chi connectivity index (χ0) is 14.5. The molecule has 0 aliphatic heterocycles. The lowest BCUT2D eigenvalue weighted by Crippen LogP contribution is -2.03. The van der Waals surface area contributed by atoms with Gasteiger partial charge in [-0.15, -0.1) is 5.10 Å². The van der Waals surface area contributed by atoms with E-state index >= 15 is 0 Å². The molecule has 3 aromatic rings. The van der Waals surface area contributed by atoms with Gasteiger partial charge in [0.25, 0.3) is 0 Å². The van der Waals surface area contributed by atoms with Crippen molar-refractivity contribution < 1.29 is 4.74 Å². The quantitative estimate of drug-likeness (QED) is 0.648. The lowest BCUT2D eigenvalue weighted by atomic mass is 10.2. The molecule has 0 amide bonds. The van der Waals surface area contributed by atoms with Crippen LogP contribution in [0, 0.1) is 6.92 Å². The summed E-state index contributed by atoms with van der Waals surface area (Å²) < 4.78 is 7.71. The highest BCUT2D eigenvalue weighted by molar-refractivity contribution is 5.73. The van der Waals surface area contributed by atoms with Gasteiger partial charge < -0.3 is 4.74 Å². The predicted octanol–water partition coefficient (Wildman–Crippen LogP) is 3.60. The first kappa shape index (κ1) is 13.6. The van der Waals surface area contributed by atoms with Crippen molar-refractivity contribution in [3.8, 4) is 5.75 Å². The highest BCUT2D eigenvalue weighted by atomic mass is 16.5. The van der Waals surface area contributed by atoms with E-state index in [1.807, 2.05) is 35.0 Å². The smallest absolute Gasteiger partial charge is 0.119 e. The number of hydrogen-bond donors (Lipinski definition) is 0. The number of aromatic nitrogens is 3. The number of fused-ring (bicyclic) bond motifs is 1. The third kappa shape index (κ3) is 3.40. The van der Waals surface area contributed by atoms with Gasteiger partial charge in [0.2, 0.25) is 0 Å². The van der Waals surface area contributed by atoms with Gasteiger partial charge in [-0.3, -0.25) is 0 Å². The Labute approximate surface area is 124 Å². The zero-order valence-electron chi connectivity index (χ0n) is 12.2. The van der Waals surface area contributed by atoms with Crippen LogP contribution >= 0.6 is 0 Å². The van der Waals surface area contributed by atoms with Gasteiger partial charge in [-0.1, -0.05) is 29.5 Å². The van der Waals surface area contributed by atoms with E-state index in [-0.39, 0.29) is 0 Å². The van der Waals surface area contributed by atoms with Gasteiger partial charge in [-0.05, 0) is 49.6 Å². The van der Waals surface area contributed by atoms with Crippen LogP contribution < -0.4 is 4.74 Å². The average Bonchev–Trinajstić information content (AvgIpc) is 2.90. The molecule has 3 rings (SSSR count). The minimum Gasteiger partial charge on any atom is -0.494 e. The molecular weight excluding hydrogens is 262 g/mol. The molecule has 0 aliphatic rings. The van der Waals surface area contributed by atoms with Gasteiger partial charge in [-0.2, -0.15) is 0 Å². The maximum absolute atomic E-state index is 5.75. The van der Waals surface area contributed by atoms with E-state index in [0.717, 1.165) is 42.8 Å². The van der Waals surface area contributed by atoms with E-state index in [1.54, 1.807) is 0 Å². The molecule has 2 aromatic carbocycles. The summed E-state index contributed by atoms with van der Waals surface area (Å²) in [5.74, 6) is 0.946. The van der Waals surface area contributed by atoms with Crippen molar-refractivity contribution in [2.75, 3.05) is 6.61 Å². The van der Waals surface area contributed by atoms with Crippen LogP contribution in [0.3, 0.4) is 0 Å². The first-order chi connectivity index (χ1) is 10.3. The molecule has 0 spiro atoms. The Morgan fingerprint density at radius 2 is 1.95 bits per heavy atom. The van der Waals surface area contributed by atoms with Crippen molar-refractivity contribution in [3.05, 3.63) is 54.1 Å². The molecule has 0 bridgehead atoms. The van der Waals surface area contributed by atoms with Crippen LogP contribution in [0.25, 0.3) is 11.0 Å². The molecule has 0 saturated heterocycles. The molecule has 4 nitrogen and oxygen atoms in total. The van der Waals surface area contributed by atoms with E-state index in [1.165, 1.54) is 5.56 Å². The minimum atomic E-state index is 0.732. The Kier molecular flexibility index (Phi) is 4.15. The summed E-state index contributed by atoms with van der Waals surface area (Å²) in [4.78, 5) is 0. The van der Waals surface area contributed by atoms with E-state index in [2.05, 4.69) is 35.4 Å². The fraction of sp³-hybridized carbons (Fsp3) is 0.294. The van der Waals surface area contributed by atoms with Crippen LogP contribution in [0.15, 0.2) is 48.5 Å². The molecule has 0 saturated carbocycles. The molecule has 0 unspecified atom stereocenters. The van der Waals surface area contributed by atoms with Crippen molar-refractivity contribution >= 4 is 11.0 Å². The van der Waals surface area contributed by atoms with Gasteiger partial charge in [0.05, 0.1) is 12.1 Å². The van der Waals surface area contributed by atoms with Crippen molar-refractivity contribution in [2.24, 2.45) is 0 Å². The van der Waals surface area contributed by atoms with Gasteiger partial charge in [-0.25, -0.2) is 4.68 Å². The summed E-state index contributed by atoms with van der Waals surface area (Å²) in [6, 6.07) is 16.2. The van der Waals surface area contributed by atoms with Crippen LogP contribution in [0.4, 0.5) is 0 Å². The molecule has 0 fully saturated rings. The standard InChI is InChI=1S/C17H19N3O/c1-14-7-6-8-15(13-14)21-12-5-4-11-20-17-10-3-2-9-16(17)18-19-20/h2-3,6-10,13H,4-5,11-12H2,1H3. The molecule has 0 aliphatic carbocycles. The average molecular weight is 281 g/mol. The molecule has 1 aromatic heterocycles. The van der Waals surface area contributed by atoms with Crippen LogP contribution in [0.1, 0.15) is 18.4 Å². The summed E-state index contributed by atoms with van der Waals surface area (Å²) in [5, 5.41) is 8.35. The van der Waals surface area contributed by atoms with Crippen molar-refractivity contribution in [3.63, 3.8) is 0 Å². The second-order valence-electron chi connectivity index (χ2n) is 5.17. The van der Waals surface area contributed by atoms with E-state index in [9.17, 15) is 0 Å². The lowest BCUT2D eigenvalue weighted by molar-refractivity contribution is 0.302. The molecule has 108 valence electrons. The Balaban J connectivity index is 1.46. The van der Waals surface area contributed by atoms with E-state index < -0.39 is 0 Å². The van der Waals surface area contributed by atoms with Gasteiger partial charge in [0.1, 0.15) is 11.3 Å². The van der Waals surface area contributed by atoms with E-state index in [0.29, 0.717) is 0 Å². The molecule has 1 heterocycles. The molecule has 21 heavy (non-hydrogen) atoms. The van der Waals surface area contributed by atoms with Gasteiger partial charge >= 0.3 is 0 Å². The first-order valence-electron chi connectivity index (χ1n) is 7.30. The SMILES string of the molecule is Cc1cccc(OCCCCn2nnc3ccccc32)c1. The molecule has 0 atom stereocenters.